The van der Waals surface area contributed by atoms with Crippen molar-refractivity contribution in [3.8, 4) is 11.8 Å². The fraction of sp³-hybridized carbons (Fsp3) is 0.562. The van der Waals surface area contributed by atoms with Crippen molar-refractivity contribution in [1.29, 1.82) is 0 Å². The number of rotatable bonds is 4. The molecule has 5 heteroatoms. The Morgan fingerprint density at radius 1 is 1.57 bits per heavy atom. The second kappa shape index (κ2) is 8.18. The van der Waals surface area contributed by atoms with Gasteiger partial charge < -0.3 is 15.8 Å². The van der Waals surface area contributed by atoms with Crippen LogP contribution in [0.4, 0.5) is 0 Å². The highest BCUT2D eigenvalue weighted by molar-refractivity contribution is 7.14. The Morgan fingerprint density at radius 3 is 3.14 bits per heavy atom. The highest BCUT2D eigenvalue weighted by Crippen LogP contribution is 2.21. The number of amides is 1. The molecule has 1 aromatic rings. The van der Waals surface area contributed by atoms with Crippen LogP contribution in [0.1, 0.15) is 45.8 Å². The van der Waals surface area contributed by atoms with E-state index >= 15 is 0 Å². The molecule has 1 amide bonds. The van der Waals surface area contributed by atoms with E-state index in [1.165, 1.54) is 17.8 Å². The smallest absolute Gasteiger partial charge is 0.261 e. The fourth-order valence-corrected chi connectivity index (χ4v) is 3.28. The molecule has 1 aromatic heterocycles. The molecule has 1 aliphatic heterocycles. The molecule has 1 fully saturated rings. The Morgan fingerprint density at radius 2 is 2.43 bits per heavy atom. The SMILES string of the molecule is Cc1cc(C(=O)NCCC2CCCCO2)sc1C#CCN. The van der Waals surface area contributed by atoms with E-state index in [1.807, 2.05) is 13.0 Å². The van der Waals surface area contributed by atoms with Crippen LogP contribution in [0.2, 0.25) is 0 Å². The second-order valence-corrected chi connectivity index (χ2v) is 6.21. The molecular formula is C16H22N2O2S. The lowest BCUT2D eigenvalue weighted by molar-refractivity contribution is 0.0117. The average molecular weight is 306 g/mol. The number of nitrogens with two attached hydrogens (primary N) is 1. The second-order valence-electron chi connectivity index (χ2n) is 5.16. The largest absolute Gasteiger partial charge is 0.378 e. The van der Waals surface area contributed by atoms with Gasteiger partial charge in [0.15, 0.2) is 0 Å². The van der Waals surface area contributed by atoms with Gasteiger partial charge in [0.05, 0.1) is 22.4 Å². The lowest BCUT2D eigenvalue weighted by atomic mass is 10.1. The molecule has 0 aliphatic carbocycles. The standard InChI is InChI=1S/C16H22N2O2S/c1-12-11-15(21-14(12)6-4-8-17)16(19)18-9-7-13-5-2-3-10-20-13/h11,13H,2-3,5,7-10,17H2,1H3,(H,18,19). The number of carbonyl (C=O) groups excluding carboxylic acids is 1. The van der Waals surface area contributed by atoms with E-state index in [0.717, 1.165) is 36.3 Å². The van der Waals surface area contributed by atoms with Crippen LogP contribution in [0.15, 0.2) is 6.07 Å². The minimum atomic E-state index is -0.0280. The molecule has 1 unspecified atom stereocenters. The molecule has 2 heterocycles. The summed E-state index contributed by atoms with van der Waals surface area (Å²) in [5.41, 5.74) is 6.40. The van der Waals surface area contributed by atoms with E-state index < -0.39 is 0 Å². The molecule has 1 saturated heterocycles. The maximum Gasteiger partial charge on any atom is 0.261 e. The van der Waals surface area contributed by atoms with E-state index in [0.29, 0.717) is 24.1 Å². The molecule has 3 N–H and O–H groups in total. The van der Waals surface area contributed by atoms with Gasteiger partial charge in [0.2, 0.25) is 0 Å². The molecule has 2 rings (SSSR count). The number of aryl methyl sites for hydroxylation is 1. The molecule has 0 saturated carbocycles. The zero-order valence-corrected chi connectivity index (χ0v) is 13.2. The summed E-state index contributed by atoms with van der Waals surface area (Å²) in [7, 11) is 0. The van der Waals surface area contributed by atoms with E-state index in [4.69, 9.17) is 10.5 Å². The number of carbonyl (C=O) groups is 1. The van der Waals surface area contributed by atoms with Gasteiger partial charge >= 0.3 is 0 Å². The van der Waals surface area contributed by atoms with Crippen molar-refractivity contribution in [3.63, 3.8) is 0 Å². The van der Waals surface area contributed by atoms with Crippen LogP contribution in [0, 0.1) is 18.8 Å². The summed E-state index contributed by atoms with van der Waals surface area (Å²) in [5, 5.41) is 2.96. The monoisotopic (exact) mass is 306 g/mol. The first-order valence-electron chi connectivity index (χ1n) is 7.40. The Kier molecular flexibility index (Phi) is 6.24. The number of thiophene rings is 1. The summed E-state index contributed by atoms with van der Waals surface area (Å²) in [6, 6.07) is 1.89. The van der Waals surface area contributed by atoms with Crippen molar-refractivity contribution in [3.05, 3.63) is 21.4 Å². The number of nitrogens with one attached hydrogen (secondary N) is 1. The predicted octanol–water partition coefficient (Wildman–Crippen LogP) is 2.06. The third-order valence-electron chi connectivity index (χ3n) is 3.47. The Labute approximate surface area is 130 Å². The summed E-state index contributed by atoms with van der Waals surface area (Å²) in [6.45, 7) is 3.81. The van der Waals surface area contributed by atoms with Crippen molar-refractivity contribution in [2.45, 2.75) is 38.7 Å². The summed E-state index contributed by atoms with van der Waals surface area (Å²) in [6.07, 6.45) is 4.67. The van der Waals surface area contributed by atoms with Crippen molar-refractivity contribution in [2.24, 2.45) is 5.73 Å². The fourth-order valence-electron chi connectivity index (χ4n) is 2.32. The molecule has 21 heavy (non-hydrogen) atoms. The molecule has 0 aromatic carbocycles. The first-order chi connectivity index (χ1) is 10.2. The third-order valence-corrected chi connectivity index (χ3v) is 4.62. The zero-order chi connectivity index (χ0) is 15.1. The van der Waals surface area contributed by atoms with Gasteiger partial charge in [0.1, 0.15) is 0 Å². The Hall–Kier alpha value is -1.35. The van der Waals surface area contributed by atoms with Crippen LogP contribution in [-0.2, 0) is 4.74 Å². The summed E-state index contributed by atoms with van der Waals surface area (Å²) >= 11 is 1.42. The maximum absolute atomic E-state index is 12.1. The number of ether oxygens (including phenoxy) is 1. The van der Waals surface area contributed by atoms with Gasteiger partial charge in [0.25, 0.3) is 5.91 Å². The molecule has 0 radical (unpaired) electrons. The Balaban J connectivity index is 1.82. The molecule has 1 aliphatic rings. The summed E-state index contributed by atoms with van der Waals surface area (Å²) in [4.78, 5) is 13.7. The van der Waals surface area contributed by atoms with Crippen LogP contribution in [0.5, 0.6) is 0 Å². The first-order valence-corrected chi connectivity index (χ1v) is 8.21. The lowest BCUT2D eigenvalue weighted by Gasteiger charge is -2.22. The highest BCUT2D eigenvalue weighted by atomic mass is 32.1. The quantitative estimate of drug-likeness (QED) is 0.837. The van der Waals surface area contributed by atoms with Crippen LogP contribution < -0.4 is 11.1 Å². The molecule has 4 nitrogen and oxygen atoms in total. The van der Waals surface area contributed by atoms with E-state index in [9.17, 15) is 4.79 Å². The van der Waals surface area contributed by atoms with Gasteiger partial charge in [-0.1, -0.05) is 11.8 Å². The lowest BCUT2D eigenvalue weighted by Crippen LogP contribution is -2.29. The van der Waals surface area contributed by atoms with Gasteiger partial charge in [-0.05, 0) is 44.2 Å². The molecule has 0 bridgehead atoms. The first kappa shape index (κ1) is 16.0. The van der Waals surface area contributed by atoms with Gasteiger partial charge in [-0.3, -0.25) is 4.79 Å². The van der Waals surface area contributed by atoms with Gasteiger partial charge in [-0.2, -0.15) is 0 Å². The van der Waals surface area contributed by atoms with Crippen molar-refractivity contribution >= 4 is 17.2 Å². The van der Waals surface area contributed by atoms with Crippen molar-refractivity contribution in [2.75, 3.05) is 19.7 Å². The minimum Gasteiger partial charge on any atom is -0.378 e. The molecule has 0 spiro atoms. The highest BCUT2D eigenvalue weighted by Gasteiger charge is 2.15. The topological polar surface area (TPSA) is 64.3 Å². The number of hydrogen-bond donors (Lipinski definition) is 2. The van der Waals surface area contributed by atoms with Crippen LogP contribution in [0.25, 0.3) is 0 Å². The van der Waals surface area contributed by atoms with Crippen LogP contribution in [0.3, 0.4) is 0 Å². The minimum absolute atomic E-state index is 0.0280. The molecule has 114 valence electrons. The summed E-state index contributed by atoms with van der Waals surface area (Å²) < 4.78 is 5.65. The predicted molar refractivity (Wildman–Crippen MR) is 85.5 cm³/mol. The van der Waals surface area contributed by atoms with Crippen molar-refractivity contribution < 1.29 is 9.53 Å². The number of hydrogen-bond acceptors (Lipinski definition) is 4. The van der Waals surface area contributed by atoms with Crippen LogP contribution >= 0.6 is 11.3 Å². The van der Waals surface area contributed by atoms with E-state index in [2.05, 4.69) is 17.2 Å². The zero-order valence-electron chi connectivity index (χ0n) is 12.4. The van der Waals surface area contributed by atoms with Crippen molar-refractivity contribution in [1.82, 2.24) is 5.32 Å². The molecule has 1 atom stereocenters. The van der Waals surface area contributed by atoms with E-state index in [-0.39, 0.29) is 5.91 Å². The maximum atomic E-state index is 12.1. The van der Waals surface area contributed by atoms with Gasteiger partial charge in [-0.15, -0.1) is 11.3 Å². The normalized spacial score (nSPS) is 17.9. The third kappa shape index (κ3) is 4.85. The Bertz CT molecular complexity index is 536. The summed E-state index contributed by atoms with van der Waals surface area (Å²) in [5.74, 6) is 5.79. The average Bonchev–Trinajstić information content (AvgIpc) is 2.87. The molecular weight excluding hydrogens is 284 g/mol. The van der Waals surface area contributed by atoms with Gasteiger partial charge in [0, 0.05) is 13.2 Å². The van der Waals surface area contributed by atoms with E-state index in [1.54, 1.807) is 0 Å². The van der Waals surface area contributed by atoms with Crippen LogP contribution in [-0.4, -0.2) is 31.7 Å². The van der Waals surface area contributed by atoms with Gasteiger partial charge in [-0.25, -0.2) is 0 Å².